The minimum absolute atomic E-state index is 0.0308. The van der Waals surface area contributed by atoms with E-state index in [9.17, 15) is 18.8 Å². The van der Waals surface area contributed by atoms with Crippen molar-refractivity contribution in [3.8, 4) is 11.3 Å². The van der Waals surface area contributed by atoms with Crippen molar-refractivity contribution in [1.29, 1.82) is 0 Å². The fraction of sp³-hybridized carbons (Fsp3) is 0.571. The Hall–Kier alpha value is -3.03. The van der Waals surface area contributed by atoms with Gasteiger partial charge < -0.3 is 15.2 Å². The standard InChI is InChI=1S/C28H39FN4O3/c1-18(2)8-11-26(35)31-23(16-27(36)33-12-6-5-7-13-33)25(34)15-20(4)28-30-17-24(32-28)21-10-9-19(3)14-22(21)29/h9-10,14,17-18,20,23H,5-8,11-13,15-16H2,1-4H3,(H,30,32)(H,31,35)/t20-,23+/m1/s1. The van der Waals surface area contributed by atoms with E-state index in [2.05, 4.69) is 15.3 Å². The number of nitrogens with one attached hydrogen (secondary N) is 2. The summed E-state index contributed by atoms with van der Waals surface area (Å²) in [5.74, 6) is -0.215. The van der Waals surface area contributed by atoms with Gasteiger partial charge in [-0.05, 0) is 56.2 Å². The summed E-state index contributed by atoms with van der Waals surface area (Å²) in [7, 11) is 0. The fourth-order valence-electron chi connectivity index (χ4n) is 4.48. The van der Waals surface area contributed by atoms with Crippen molar-refractivity contribution in [3.05, 3.63) is 41.6 Å². The first-order valence-electron chi connectivity index (χ1n) is 13.0. The van der Waals surface area contributed by atoms with Crippen LogP contribution in [0.5, 0.6) is 0 Å². The number of Topliss-reactive ketones (excluding diaryl/α,β-unsaturated/α-hetero) is 1. The summed E-state index contributed by atoms with van der Waals surface area (Å²) in [6.45, 7) is 9.16. The Morgan fingerprint density at radius 3 is 2.50 bits per heavy atom. The second-order valence-electron chi connectivity index (χ2n) is 10.4. The maximum Gasteiger partial charge on any atom is 0.225 e. The number of aryl methyl sites for hydroxylation is 1. The molecule has 2 atom stereocenters. The molecule has 1 fully saturated rings. The van der Waals surface area contributed by atoms with E-state index in [-0.39, 0.29) is 42.2 Å². The van der Waals surface area contributed by atoms with Gasteiger partial charge in [-0.2, -0.15) is 0 Å². The Bertz CT molecular complexity index is 1060. The van der Waals surface area contributed by atoms with Gasteiger partial charge in [-0.15, -0.1) is 0 Å². The van der Waals surface area contributed by atoms with Gasteiger partial charge in [0.1, 0.15) is 11.6 Å². The minimum atomic E-state index is -0.870. The number of ketones is 1. The molecule has 2 amide bonds. The highest BCUT2D eigenvalue weighted by atomic mass is 19.1. The second kappa shape index (κ2) is 12.8. The first-order valence-corrected chi connectivity index (χ1v) is 13.0. The zero-order chi connectivity index (χ0) is 26.2. The van der Waals surface area contributed by atoms with Crippen molar-refractivity contribution < 1.29 is 18.8 Å². The smallest absolute Gasteiger partial charge is 0.225 e. The summed E-state index contributed by atoms with van der Waals surface area (Å²) >= 11 is 0. The number of rotatable bonds is 11. The van der Waals surface area contributed by atoms with E-state index in [0.29, 0.717) is 48.9 Å². The molecule has 196 valence electrons. The van der Waals surface area contributed by atoms with Crippen molar-refractivity contribution in [2.45, 2.75) is 84.6 Å². The number of likely N-dealkylation sites (tertiary alicyclic amines) is 1. The van der Waals surface area contributed by atoms with Gasteiger partial charge in [0, 0.05) is 37.4 Å². The third-order valence-corrected chi connectivity index (χ3v) is 6.74. The van der Waals surface area contributed by atoms with Gasteiger partial charge >= 0.3 is 0 Å². The van der Waals surface area contributed by atoms with Gasteiger partial charge in [-0.25, -0.2) is 9.37 Å². The SMILES string of the molecule is Cc1ccc(-c2cnc([C@H](C)CC(=O)[C@H](CC(=O)N3CCCCC3)NC(=O)CCC(C)C)[nH]2)c(F)c1. The molecule has 1 aromatic carbocycles. The zero-order valence-electron chi connectivity index (χ0n) is 21.9. The number of halogens is 1. The third kappa shape index (κ3) is 7.73. The first-order chi connectivity index (χ1) is 17.1. The summed E-state index contributed by atoms with van der Waals surface area (Å²) in [4.78, 5) is 48.1. The summed E-state index contributed by atoms with van der Waals surface area (Å²) in [5, 5.41) is 2.83. The van der Waals surface area contributed by atoms with Crippen molar-refractivity contribution in [1.82, 2.24) is 20.2 Å². The Labute approximate surface area is 213 Å². The van der Waals surface area contributed by atoms with Gasteiger partial charge in [0.2, 0.25) is 11.8 Å². The lowest BCUT2D eigenvalue weighted by Crippen LogP contribution is -2.46. The second-order valence-corrected chi connectivity index (χ2v) is 10.4. The monoisotopic (exact) mass is 498 g/mol. The van der Waals surface area contributed by atoms with E-state index in [1.54, 1.807) is 17.2 Å². The highest BCUT2D eigenvalue weighted by molar-refractivity contribution is 5.93. The maximum atomic E-state index is 14.4. The van der Waals surface area contributed by atoms with Gasteiger partial charge in [0.15, 0.2) is 5.78 Å². The Balaban J connectivity index is 1.68. The predicted molar refractivity (Wildman–Crippen MR) is 138 cm³/mol. The Kier molecular flexibility index (Phi) is 9.79. The summed E-state index contributed by atoms with van der Waals surface area (Å²) in [6, 6.07) is 4.13. The number of aromatic amines is 1. The molecule has 2 heterocycles. The molecular weight excluding hydrogens is 459 g/mol. The topological polar surface area (TPSA) is 95.2 Å². The fourth-order valence-corrected chi connectivity index (χ4v) is 4.48. The molecule has 0 saturated carbocycles. The van der Waals surface area contributed by atoms with Crippen molar-refractivity contribution in [2.75, 3.05) is 13.1 Å². The molecule has 2 aromatic rings. The minimum Gasteiger partial charge on any atom is -0.346 e. The number of piperidine rings is 1. The van der Waals surface area contributed by atoms with Crippen LogP contribution in [0.1, 0.15) is 83.0 Å². The molecule has 0 bridgehead atoms. The van der Waals surface area contributed by atoms with Crippen LogP contribution in [-0.4, -0.2) is 51.6 Å². The molecule has 0 spiro atoms. The van der Waals surface area contributed by atoms with E-state index < -0.39 is 6.04 Å². The number of hydrogen-bond donors (Lipinski definition) is 2. The van der Waals surface area contributed by atoms with Crippen LogP contribution in [0.3, 0.4) is 0 Å². The summed E-state index contributed by atoms with van der Waals surface area (Å²) in [6.07, 6.45) is 5.70. The molecule has 2 N–H and O–H groups in total. The molecule has 0 aliphatic carbocycles. The molecule has 3 rings (SSSR count). The number of imidazole rings is 1. The predicted octanol–water partition coefficient (Wildman–Crippen LogP) is 4.91. The molecule has 1 aromatic heterocycles. The van der Waals surface area contributed by atoms with E-state index in [0.717, 1.165) is 24.8 Å². The normalized spacial score (nSPS) is 15.6. The van der Waals surface area contributed by atoms with E-state index in [4.69, 9.17) is 0 Å². The van der Waals surface area contributed by atoms with E-state index in [1.165, 1.54) is 6.07 Å². The third-order valence-electron chi connectivity index (χ3n) is 6.74. The average Bonchev–Trinajstić information content (AvgIpc) is 3.33. The first kappa shape index (κ1) is 27.6. The van der Waals surface area contributed by atoms with Crippen LogP contribution < -0.4 is 5.32 Å². The van der Waals surface area contributed by atoms with E-state index >= 15 is 0 Å². The number of H-pyrrole nitrogens is 1. The molecule has 1 aliphatic rings. The van der Waals surface area contributed by atoms with Gasteiger partial charge in [-0.1, -0.05) is 26.8 Å². The zero-order valence-corrected chi connectivity index (χ0v) is 21.9. The molecule has 36 heavy (non-hydrogen) atoms. The van der Waals surface area contributed by atoms with Gasteiger partial charge in [0.25, 0.3) is 0 Å². The van der Waals surface area contributed by atoms with E-state index in [1.807, 2.05) is 33.8 Å². The van der Waals surface area contributed by atoms with Crippen LogP contribution in [0, 0.1) is 18.7 Å². The highest BCUT2D eigenvalue weighted by Crippen LogP contribution is 2.25. The van der Waals surface area contributed by atoms with Crippen LogP contribution in [0.15, 0.2) is 24.4 Å². The molecule has 1 aliphatic heterocycles. The quantitative estimate of drug-likeness (QED) is 0.460. The molecular formula is C28H39FN4O3. The van der Waals surface area contributed by atoms with Crippen LogP contribution in [0.25, 0.3) is 11.3 Å². The molecule has 0 unspecified atom stereocenters. The number of nitrogens with zero attached hydrogens (tertiary/aromatic N) is 2. The number of amides is 2. The number of carbonyl (C=O) groups excluding carboxylic acids is 3. The lowest BCUT2D eigenvalue weighted by molar-refractivity contribution is -0.136. The lowest BCUT2D eigenvalue weighted by atomic mass is 9.96. The number of benzene rings is 1. The van der Waals surface area contributed by atoms with Crippen LogP contribution in [0.4, 0.5) is 4.39 Å². The van der Waals surface area contributed by atoms with Crippen molar-refractivity contribution in [2.24, 2.45) is 5.92 Å². The highest BCUT2D eigenvalue weighted by Gasteiger charge is 2.29. The number of carbonyl (C=O) groups is 3. The largest absolute Gasteiger partial charge is 0.346 e. The average molecular weight is 499 g/mol. The summed E-state index contributed by atoms with van der Waals surface area (Å²) in [5.41, 5.74) is 1.79. The van der Waals surface area contributed by atoms with Crippen LogP contribution in [0.2, 0.25) is 0 Å². The molecule has 1 saturated heterocycles. The maximum absolute atomic E-state index is 14.4. The molecule has 8 heteroatoms. The van der Waals surface area contributed by atoms with Crippen LogP contribution >= 0.6 is 0 Å². The van der Waals surface area contributed by atoms with Crippen LogP contribution in [-0.2, 0) is 14.4 Å². The van der Waals surface area contributed by atoms with Crippen molar-refractivity contribution >= 4 is 17.6 Å². The Morgan fingerprint density at radius 1 is 1.11 bits per heavy atom. The van der Waals surface area contributed by atoms with Crippen molar-refractivity contribution in [3.63, 3.8) is 0 Å². The summed E-state index contributed by atoms with van der Waals surface area (Å²) < 4.78 is 14.4. The number of hydrogen-bond acceptors (Lipinski definition) is 4. The van der Waals surface area contributed by atoms with Gasteiger partial charge in [0.05, 0.1) is 24.4 Å². The van der Waals surface area contributed by atoms with Gasteiger partial charge in [-0.3, -0.25) is 14.4 Å². The molecule has 0 radical (unpaired) electrons. The lowest BCUT2D eigenvalue weighted by Gasteiger charge is -2.28. The number of aromatic nitrogens is 2. The molecule has 7 nitrogen and oxygen atoms in total. The Morgan fingerprint density at radius 2 is 1.83 bits per heavy atom.